The maximum Gasteiger partial charge on any atom is 0.309 e. The number of carbonyl (C=O) groups excluding carboxylic acids is 1. The molecule has 0 aromatic carbocycles. The van der Waals surface area contributed by atoms with Crippen LogP contribution in [0, 0.1) is 11.8 Å². The number of ether oxygens (including phenoxy) is 1. The SMILES string of the molecule is CCOC(=O)C1CCC2=NC(N)=CC21. The highest BCUT2D eigenvalue weighted by Crippen LogP contribution is 2.35. The van der Waals surface area contributed by atoms with E-state index in [2.05, 4.69) is 4.99 Å². The first-order valence-corrected chi connectivity index (χ1v) is 4.93. The molecule has 76 valence electrons. The van der Waals surface area contributed by atoms with Crippen LogP contribution in [0.4, 0.5) is 0 Å². The zero-order valence-electron chi connectivity index (χ0n) is 8.19. The van der Waals surface area contributed by atoms with E-state index in [9.17, 15) is 4.79 Å². The van der Waals surface area contributed by atoms with Crippen molar-refractivity contribution in [3.05, 3.63) is 11.9 Å². The first-order chi connectivity index (χ1) is 6.72. The van der Waals surface area contributed by atoms with Gasteiger partial charge in [-0.25, -0.2) is 4.99 Å². The van der Waals surface area contributed by atoms with E-state index < -0.39 is 0 Å². The molecule has 1 aliphatic carbocycles. The summed E-state index contributed by atoms with van der Waals surface area (Å²) in [7, 11) is 0. The van der Waals surface area contributed by atoms with E-state index >= 15 is 0 Å². The normalized spacial score (nSPS) is 29.5. The second-order valence-corrected chi connectivity index (χ2v) is 3.62. The summed E-state index contributed by atoms with van der Waals surface area (Å²) >= 11 is 0. The minimum atomic E-state index is -0.117. The highest BCUT2D eigenvalue weighted by molar-refractivity contribution is 5.97. The summed E-state index contributed by atoms with van der Waals surface area (Å²) in [5.74, 6) is 0.469. The molecule has 1 heterocycles. The van der Waals surface area contributed by atoms with E-state index in [1.807, 2.05) is 13.0 Å². The predicted molar refractivity (Wildman–Crippen MR) is 52.6 cm³/mol. The molecule has 0 saturated heterocycles. The van der Waals surface area contributed by atoms with Gasteiger partial charge in [0.15, 0.2) is 0 Å². The minimum Gasteiger partial charge on any atom is -0.466 e. The van der Waals surface area contributed by atoms with Crippen LogP contribution in [0.15, 0.2) is 16.9 Å². The molecular formula is C10H14N2O2. The van der Waals surface area contributed by atoms with Gasteiger partial charge >= 0.3 is 5.97 Å². The Kier molecular flexibility index (Phi) is 2.27. The number of fused-ring (bicyclic) bond motifs is 1. The molecule has 1 aliphatic heterocycles. The van der Waals surface area contributed by atoms with Crippen LogP contribution >= 0.6 is 0 Å². The summed E-state index contributed by atoms with van der Waals surface area (Å²) in [6.45, 7) is 2.26. The summed E-state index contributed by atoms with van der Waals surface area (Å²) in [5.41, 5.74) is 6.63. The van der Waals surface area contributed by atoms with Gasteiger partial charge in [-0.05, 0) is 25.8 Å². The van der Waals surface area contributed by atoms with Crippen LogP contribution < -0.4 is 5.73 Å². The van der Waals surface area contributed by atoms with Gasteiger partial charge in [0.25, 0.3) is 0 Å². The fraction of sp³-hybridized carbons (Fsp3) is 0.600. The van der Waals surface area contributed by atoms with Crippen LogP contribution in [0.25, 0.3) is 0 Å². The molecule has 0 aromatic rings. The lowest BCUT2D eigenvalue weighted by atomic mass is 9.96. The number of rotatable bonds is 2. The Morgan fingerprint density at radius 2 is 2.57 bits per heavy atom. The zero-order chi connectivity index (χ0) is 10.1. The van der Waals surface area contributed by atoms with E-state index in [1.54, 1.807) is 0 Å². The van der Waals surface area contributed by atoms with Crippen LogP contribution in [0.5, 0.6) is 0 Å². The Morgan fingerprint density at radius 1 is 1.79 bits per heavy atom. The quantitative estimate of drug-likeness (QED) is 0.662. The van der Waals surface area contributed by atoms with Crippen molar-refractivity contribution >= 4 is 11.7 Å². The average Bonchev–Trinajstić information content (AvgIpc) is 2.62. The van der Waals surface area contributed by atoms with Gasteiger partial charge in [-0.15, -0.1) is 0 Å². The summed E-state index contributed by atoms with van der Waals surface area (Å²) in [5, 5.41) is 0. The van der Waals surface area contributed by atoms with Crippen LogP contribution in [0.2, 0.25) is 0 Å². The molecule has 2 atom stereocenters. The maximum atomic E-state index is 11.5. The Morgan fingerprint density at radius 3 is 3.29 bits per heavy atom. The number of aliphatic imine (C=N–C) groups is 1. The lowest BCUT2D eigenvalue weighted by Gasteiger charge is -2.12. The molecule has 0 bridgehead atoms. The predicted octanol–water partition coefficient (Wildman–Crippen LogP) is 0.830. The van der Waals surface area contributed by atoms with Crippen molar-refractivity contribution in [2.45, 2.75) is 19.8 Å². The Bertz CT molecular complexity index is 320. The van der Waals surface area contributed by atoms with Crippen molar-refractivity contribution in [2.75, 3.05) is 6.61 Å². The van der Waals surface area contributed by atoms with Crippen molar-refractivity contribution in [3.63, 3.8) is 0 Å². The fourth-order valence-corrected chi connectivity index (χ4v) is 2.13. The molecule has 2 rings (SSSR count). The van der Waals surface area contributed by atoms with Crippen molar-refractivity contribution in [2.24, 2.45) is 22.6 Å². The molecule has 4 nitrogen and oxygen atoms in total. The van der Waals surface area contributed by atoms with Crippen molar-refractivity contribution in [1.82, 2.24) is 0 Å². The highest BCUT2D eigenvalue weighted by Gasteiger charge is 2.39. The lowest BCUT2D eigenvalue weighted by molar-refractivity contribution is -0.148. The molecule has 0 aromatic heterocycles. The standard InChI is InChI=1S/C10H14N2O2/c1-2-14-10(13)6-3-4-8-7(6)5-9(11)12-8/h5-7H,2-4,11H2,1H3. The van der Waals surface area contributed by atoms with Crippen molar-refractivity contribution in [3.8, 4) is 0 Å². The summed E-state index contributed by atoms with van der Waals surface area (Å²) < 4.78 is 5.01. The van der Waals surface area contributed by atoms with Gasteiger partial charge in [-0.2, -0.15) is 0 Å². The number of nitrogens with two attached hydrogens (primary N) is 1. The van der Waals surface area contributed by atoms with Gasteiger partial charge in [0, 0.05) is 11.6 Å². The molecule has 1 fully saturated rings. The largest absolute Gasteiger partial charge is 0.466 e. The number of carbonyl (C=O) groups is 1. The Hall–Kier alpha value is -1.32. The molecule has 4 heteroatoms. The molecule has 14 heavy (non-hydrogen) atoms. The maximum absolute atomic E-state index is 11.5. The molecule has 0 spiro atoms. The van der Waals surface area contributed by atoms with Crippen molar-refractivity contribution in [1.29, 1.82) is 0 Å². The van der Waals surface area contributed by atoms with Crippen LogP contribution in [-0.4, -0.2) is 18.3 Å². The molecule has 2 unspecified atom stereocenters. The molecule has 0 amide bonds. The van der Waals surface area contributed by atoms with E-state index in [4.69, 9.17) is 10.5 Å². The molecular weight excluding hydrogens is 180 g/mol. The Balaban J connectivity index is 2.10. The second-order valence-electron chi connectivity index (χ2n) is 3.62. The van der Waals surface area contributed by atoms with E-state index in [-0.39, 0.29) is 17.8 Å². The van der Waals surface area contributed by atoms with Gasteiger partial charge in [0.2, 0.25) is 0 Å². The topological polar surface area (TPSA) is 64.7 Å². The third kappa shape index (κ3) is 1.41. The summed E-state index contributed by atoms with van der Waals surface area (Å²) in [6, 6.07) is 0. The minimum absolute atomic E-state index is 0.0604. The van der Waals surface area contributed by atoms with Gasteiger partial charge in [-0.3, -0.25) is 4.79 Å². The number of nitrogens with zero attached hydrogens (tertiary/aromatic N) is 1. The summed E-state index contributed by atoms with van der Waals surface area (Å²) in [6.07, 6.45) is 3.57. The zero-order valence-corrected chi connectivity index (χ0v) is 8.19. The van der Waals surface area contributed by atoms with Crippen LogP contribution in [-0.2, 0) is 9.53 Å². The van der Waals surface area contributed by atoms with E-state index in [0.717, 1.165) is 18.6 Å². The first kappa shape index (κ1) is 9.24. The van der Waals surface area contributed by atoms with Crippen LogP contribution in [0.3, 0.4) is 0 Å². The fourth-order valence-electron chi connectivity index (χ4n) is 2.13. The van der Waals surface area contributed by atoms with E-state index in [0.29, 0.717) is 12.4 Å². The average molecular weight is 194 g/mol. The number of esters is 1. The number of allylic oxidation sites excluding steroid dienone is 1. The van der Waals surface area contributed by atoms with Gasteiger partial charge < -0.3 is 10.5 Å². The third-order valence-corrected chi connectivity index (χ3v) is 2.74. The second kappa shape index (κ2) is 3.44. The molecule has 0 radical (unpaired) electrons. The highest BCUT2D eigenvalue weighted by atomic mass is 16.5. The van der Waals surface area contributed by atoms with Gasteiger partial charge in [0.1, 0.15) is 5.82 Å². The van der Waals surface area contributed by atoms with Crippen LogP contribution in [0.1, 0.15) is 19.8 Å². The first-order valence-electron chi connectivity index (χ1n) is 4.93. The Labute approximate surface area is 82.8 Å². The third-order valence-electron chi connectivity index (χ3n) is 2.74. The van der Waals surface area contributed by atoms with Gasteiger partial charge in [0.05, 0.1) is 12.5 Å². The van der Waals surface area contributed by atoms with Crippen molar-refractivity contribution < 1.29 is 9.53 Å². The van der Waals surface area contributed by atoms with Gasteiger partial charge in [-0.1, -0.05) is 0 Å². The summed E-state index contributed by atoms with van der Waals surface area (Å²) in [4.78, 5) is 15.7. The molecule has 2 N–H and O–H groups in total. The molecule has 1 saturated carbocycles. The molecule has 2 aliphatic rings. The monoisotopic (exact) mass is 194 g/mol. The smallest absolute Gasteiger partial charge is 0.309 e. The lowest BCUT2D eigenvalue weighted by Crippen LogP contribution is -2.22. The number of hydrogen-bond donors (Lipinski definition) is 1. The number of hydrogen-bond acceptors (Lipinski definition) is 4. The van der Waals surface area contributed by atoms with E-state index in [1.165, 1.54) is 0 Å².